The van der Waals surface area contributed by atoms with Crippen LogP contribution in [0, 0.1) is 0 Å². The summed E-state index contributed by atoms with van der Waals surface area (Å²) in [6.07, 6.45) is 4.76. The third kappa shape index (κ3) is 3.52. The number of ether oxygens (including phenoxy) is 2. The van der Waals surface area contributed by atoms with Crippen LogP contribution in [0.5, 0.6) is 11.5 Å². The van der Waals surface area contributed by atoms with Crippen LogP contribution in [0.1, 0.15) is 36.0 Å². The first-order chi connectivity index (χ1) is 9.65. The van der Waals surface area contributed by atoms with Crippen molar-refractivity contribution >= 4 is 21.7 Å². The van der Waals surface area contributed by atoms with Gasteiger partial charge in [-0.25, -0.2) is 0 Å². The molecule has 110 valence electrons. The van der Waals surface area contributed by atoms with Gasteiger partial charge in [0.1, 0.15) is 0 Å². The number of carbonyl (C=O) groups excluding carboxylic acids is 1. The molecule has 0 heterocycles. The quantitative estimate of drug-likeness (QED) is 0.807. The summed E-state index contributed by atoms with van der Waals surface area (Å²) in [5.41, 5.74) is 0.625. The molecule has 0 unspecified atom stereocenters. The van der Waals surface area contributed by atoms with E-state index in [0.717, 1.165) is 17.3 Å². The minimum Gasteiger partial charge on any atom is -0.492 e. The van der Waals surface area contributed by atoms with Crippen molar-refractivity contribution in [2.75, 3.05) is 20.7 Å². The molecule has 1 N–H and O–H groups in total. The lowest BCUT2D eigenvalue weighted by atomic mass is 10.1. The van der Waals surface area contributed by atoms with Gasteiger partial charge in [-0.15, -0.1) is 0 Å². The number of hydrogen-bond donors (Lipinski definition) is 1. The molecule has 0 amide bonds. The summed E-state index contributed by atoms with van der Waals surface area (Å²) in [5, 5.41) is 2.87. The van der Waals surface area contributed by atoms with E-state index in [1.54, 1.807) is 26.3 Å². The second-order valence-electron chi connectivity index (χ2n) is 4.97. The summed E-state index contributed by atoms with van der Waals surface area (Å²) in [4.78, 5) is 12.0. The molecule has 1 aliphatic rings. The smallest absolute Gasteiger partial charge is 0.176 e. The molecule has 20 heavy (non-hydrogen) atoms. The van der Waals surface area contributed by atoms with Crippen LogP contribution in [-0.2, 0) is 0 Å². The molecule has 5 heteroatoms. The Morgan fingerprint density at radius 1 is 1.40 bits per heavy atom. The maximum absolute atomic E-state index is 12.0. The fraction of sp³-hybridized carbons (Fsp3) is 0.533. The van der Waals surface area contributed by atoms with Crippen molar-refractivity contribution in [1.82, 2.24) is 5.32 Å². The monoisotopic (exact) mass is 341 g/mol. The summed E-state index contributed by atoms with van der Waals surface area (Å²) >= 11 is 3.45. The Kier molecular flexibility index (Phi) is 5.43. The van der Waals surface area contributed by atoms with Crippen LogP contribution in [0.15, 0.2) is 16.6 Å². The first-order valence-electron chi connectivity index (χ1n) is 6.87. The van der Waals surface area contributed by atoms with Gasteiger partial charge in [-0.3, -0.25) is 4.79 Å². The van der Waals surface area contributed by atoms with E-state index in [9.17, 15) is 4.79 Å². The average Bonchev–Trinajstić information content (AvgIpc) is 2.91. The largest absolute Gasteiger partial charge is 0.492 e. The third-order valence-electron chi connectivity index (χ3n) is 3.47. The third-order valence-corrected chi connectivity index (χ3v) is 4.06. The summed E-state index contributed by atoms with van der Waals surface area (Å²) in [6, 6.07) is 3.56. The van der Waals surface area contributed by atoms with E-state index in [4.69, 9.17) is 9.47 Å². The van der Waals surface area contributed by atoms with Gasteiger partial charge < -0.3 is 14.8 Å². The van der Waals surface area contributed by atoms with Gasteiger partial charge in [0.15, 0.2) is 17.3 Å². The number of halogens is 1. The molecule has 1 aromatic rings. The summed E-state index contributed by atoms with van der Waals surface area (Å²) in [6.45, 7) is 0.307. The minimum atomic E-state index is 0.0344. The van der Waals surface area contributed by atoms with Crippen LogP contribution >= 0.6 is 15.9 Å². The zero-order chi connectivity index (χ0) is 14.5. The predicted octanol–water partition coefficient (Wildman–Crippen LogP) is 3.18. The Balaban J connectivity index is 2.28. The van der Waals surface area contributed by atoms with Crippen molar-refractivity contribution in [3.8, 4) is 11.5 Å². The van der Waals surface area contributed by atoms with Gasteiger partial charge >= 0.3 is 0 Å². The summed E-state index contributed by atoms with van der Waals surface area (Å²) in [5.74, 6) is 1.33. The highest BCUT2D eigenvalue weighted by Crippen LogP contribution is 2.38. The number of rotatable bonds is 6. The Labute approximate surface area is 128 Å². The second kappa shape index (κ2) is 7.09. The molecule has 2 rings (SSSR count). The van der Waals surface area contributed by atoms with E-state index in [0.29, 0.717) is 23.6 Å². The highest BCUT2D eigenvalue weighted by Gasteiger charge is 2.21. The molecule has 0 saturated heterocycles. The maximum atomic E-state index is 12.0. The van der Waals surface area contributed by atoms with Crippen molar-refractivity contribution in [1.29, 1.82) is 0 Å². The van der Waals surface area contributed by atoms with Crippen LogP contribution in [0.4, 0.5) is 0 Å². The fourth-order valence-electron chi connectivity index (χ4n) is 2.46. The van der Waals surface area contributed by atoms with E-state index in [2.05, 4.69) is 21.2 Å². The van der Waals surface area contributed by atoms with Gasteiger partial charge in [-0.05, 0) is 60.8 Å². The van der Waals surface area contributed by atoms with Crippen LogP contribution in [0.25, 0.3) is 0 Å². The lowest BCUT2D eigenvalue weighted by Crippen LogP contribution is -2.19. The molecule has 0 aromatic heterocycles. The molecule has 1 saturated carbocycles. The number of carbonyl (C=O) groups is 1. The Hall–Kier alpha value is -1.07. The highest BCUT2D eigenvalue weighted by atomic mass is 79.9. The summed E-state index contributed by atoms with van der Waals surface area (Å²) in [7, 11) is 3.36. The lowest BCUT2D eigenvalue weighted by molar-refractivity contribution is 0.0992. The maximum Gasteiger partial charge on any atom is 0.176 e. The standard InChI is InChI=1S/C15H20BrNO3/c1-17-9-13(18)10-7-12(16)15(19-2)14(8-10)20-11-5-3-4-6-11/h7-8,11,17H,3-6,9H2,1-2H3. The first-order valence-corrected chi connectivity index (χ1v) is 7.67. The molecule has 0 aliphatic heterocycles. The number of methoxy groups -OCH3 is 1. The van der Waals surface area contributed by atoms with Crippen molar-refractivity contribution in [3.05, 3.63) is 22.2 Å². The second-order valence-corrected chi connectivity index (χ2v) is 5.82. The van der Waals surface area contributed by atoms with E-state index in [1.165, 1.54) is 12.8 Å². The zero-order valence-corrected chi connectivity index (χ0v) is 13.5. The Morgan fingerprint density at radius 3 is 2.70 bits per heavy atom. The Bertz CT molecular complexity index is 484. The fourth-order valence-corrected chi connectivity index (χ4v) is 3.07. The number of Topliss-reactive ketones (excluding diaryl/α,β-unsaturated/α-hetero) is 1. The minimum absolute atomic E-state index is 0.0344. The van der Waals surface area contributed by atoms with Gasteiger partial charge in [0, 0.05) is 5.56 Å². The van der Waals surface area contributed by atoms with E-state index < -0.39 is 0 Å². The molecular weight excluding hydrogens is 322 g/mol. The van der Waals surface area contributed by atoms with Gasteiger partial charge in [-0.1, -0.05) is 0 Å². The number of hydrogen-bond acceptors (Lipinski definition) is 4. The van der Waals surface area contributed by atoms with Crippen LogP contribution in [-0.4, -0.2) is 32.6 Å². The summed E-state index contributed by atoms with van der Waals surface area (Å²) < 4.78 is 12.1. The van der Waals surface area contributed by atoms with E-state index >= 15 is 0 Å². The molecule has 0 bridgehead atoms. The normalized spacial score (nSPS) is 15.3. The number of likely N-dealkylation sites (N-methyl/N-ethyl adjacent to an activating group) is 1. The molecular formula is C15H20BrNO3. The van der Waals surface area contributed by atoms with Crippen molar-refractivity contribution in [2.45, 2.75) is 31.8 Å². The van der Waals surface area contributed by atoms with Crippen LogP contribution in [0.2, 0.25) is 0 Å². The van der Waals surface area contributed by atoms with E-state index in [1.807, 2.05) is 0 Å². The Morgan fingerprint density at radius 2 is 2.10 bits per heavy atom. The van der Waals surface area contributed by atoms with Gasteiger partial charge in [-0.2, -0.15) is 0 Å². The lowest BCUT2D eigenvalue weighted by Gasteiger charge is -2.18. The zero-order valence-electron chi connectivity index (χ0n) is 11.9. The van der Waals surface area contributed by atoms with Crippen molar-refractivity contribution < 1.29 is 14.3 Å². The van der Waals surface area contributed by atoms with Crippen molar-refractivity contribution in [2.24, 2.45) is 0 Å². The van der Waals surface area contributed by atoms with Gasteiger partial charge in [0.25, 0.3) is 0 Å². The van der Waals surface area contributed by atoms with Gasteiger partial charge in [0.2, 0.25) is 0 Å². The molecule has 0 spiro atoms. The predicted molar refractivity (Wildman–Crippen MR) is 81.8 cm³/mol. The van der Waals surface area contributed by atoms with E-state index in [-0.39, 0.29) is 11.9 Å². The first kappa shape index (κ1) is 15.3. The number of benzene rings is 1. The van der Waals surface area contributed by atoms with Crippen molar-refractivity contribution in [3.63, 3.8) is 0 Å². The molecule has 0 radical (unpaired) electrons. The SMILES string of the molecule is CNCC(=O)c1cc(Br)c(OC)c(OC2CCCC2)c1. The number of nitrogens with one attached hydrogen (secondary N) is 1. The highest BCUT2D eigenvalue weighted by molar-refractivity contribution is 9.10. The molecule has 1 fully saturated rings. The molecule has 4 nitrogen and oxygen atoms in total. The average molecular weight is 342 g/mol. The molecule has 1 aromatic carbocycles. The molecule has 1 aliphatic carbocycles. The number of ketones is 1. The van der Waals surface area contributed by atoms with Gasteiger partial charge in [0.05, 0.1) is 24.2 Å². The van der Waals surface area contributed by atoms with Crippen LogP contribution in [0.3, 0.4) is 0 Å². The van der Waals surface area contributed by atoms with Crippen LogP contribution < -0.4 is 14.8 Å². The molecule has 0 atom stereocenters. The topological polar surface area (TPSA) is 47.6 Å².